The van der Waals surface area contributed by atoms with Crippen LogP contribution in [0, 0.1) is 0 Å². The maximum absolute atomic E-state index is 11.7. The van der Waals surface area contributed by atoms with Crippen LogP contribution >= 0.6 is 22.9 Å². The lowest BCUT2D eigenvalue weighted by molar-refractivity contribution is -0.117. The topological polar surface area (TPSA) is 29.1 Å². The molecule has 4 heteroatoms. The molecule has 0 bridgehead atoms. The van der Waals surface area contributed by atoms with E-state index in [4.69, 9.17) is 11.6 Å². The molecule has 92 valence electrons. The van der Waals surface area contributed by atoms with Gasteiger partial charge >= 0.3 is 0 Å². The average Bonchev–Trinajstić information content (AvgIpc) is 2.74. The van der Waals surface area contributed by atoms with Gasteiger partial charge in [0, 0.05) is 17.0 Å². The maximum Gasteiger partial charge on any atom is 0.244 e. The fourth-order valence-corrected chi connectivity index (χ4v) is 3.04. The molecule has 1 heterocycles. The molecule has 17 heavy (non-hydrogen) atoms. The van der Waals surface area contributed by atoms with Crippen LogP contribution in [0.5, 0.6) is 0 Å². The second-order valence-corrected chi connectivity index (χ2v) is 6.07. The van der Waals surface area contributed by atoms with Crippen molar-refractivity contribution in [1.82, 2.24) is 5.32 Å². The van der Waals surface area contributed by atoms with Crippen LogP contribution in [0.2, 0.25) is 4.34 Å². The van der Waals surface area contributed by atoms with Crippen LogP contribution in [0.15, 0.2) is 18.2 Å². The van der Waals surface area contributed by atoms with Gasteiger partial charge in [0.25, 0.3) is 0 Å². The third-order valence-corrected chi connectivity index (χ3v) is 4.14. The first kappa shape index (κ1) is 12.7. The lowest BCUT2D eigenvalue weighted by Crippen LogP contribution is -2.34. The van der Waals surface area contributed by atoms with Gasteiger partial charge in [0.15, 0.2) is 0 Å². The van der Waals surface area contributed by atoms with Crippen LogP contribution in [0.1, 0.15) is 37.0 Å². The quantitative estimate of drug-likeness (QED) is 0.830. The summed E-state index contributed by atoms with van der Waals surface area (Å²) in [5.74, 6) is 0.00132. The van der Waals surface area contributed by atoms with E-state index in [1.54, 1.807) is 6.08 Å². The molecule has 0 aromatic carbocycles. The molecule has 1 fully saturated rings. The highest BCUT2D eigenvalue weighted by Crippen LogP contribution is 2.22. The number of thiophene rings is 1. The summed E-state index contributed by atoms with van der Waals surface area (Å²) in [6, 6.07) is 4.12. The number of amides is 1. The molecule has 1 aliphatic rings. The van der Waals surface area contributed by atoms with Crippen LogP contribution in [0.25, 0.3) is 6.08 Å². The minimum absolute atomic E-state index is 0.00132. The van der Waals surface area contributed by atoms with Crippen molar-refractivity contribution in [2.24, 2.45) is 0 Å². The van der Waals surface area contributed by atoms with Gasteiger partial charge in [-0.05, 0) is 31.1 Å². The van der Waals surface area contributed by atoms with Crippen LogP contribution in [-0.2, 0) is 4.79 Å². The first-order valence-electron chi connectivity index (χ1n) is 5.98. The molecule has 0 spiro atoms. The Morgan fingerprint density at radius 1 is 1.35 bits per heavy atom. The predicted molar refractivity (Wildman–Crippen MR) is 73.4 cm³/mol. The molecule has 2 rings (SSSR count). The molecular formula is C13H16ClNOS. The summed E-state index contributed by atoms with van der Waals surface area (Å²) in [7, 11) is 0. The summed E-state index contributed by atoms with van der Waals surface area (Å²) < 4.78 is 0.748. The van der Waals surface area contributed by atoms with Gasteiger partial charge in [-0.3, -0.25) is 4.79 Å². The Labute approximate surface area is 111 Å². The fourth-order valence-electron chi connectivity index (χ4n) is 2.07. The number of nitrogens with one attached hydrogen (secondary N) is 1. The molecule has 1 aromatic rings. The Hall–Kier alpha value is -0.800. The normalized spacial score (nSPS) is 17.5. The zero-order valence-corrected chi connectivity index (χ0v) is 11.2. The maximum atomic E-state index is 11.7. The lowest BCUT2D eigenvalue weighted by Gasteiger charge is -2.21. The van der Waals surface area contributed by atoms with Gasteiger partial charge in [0.2, 0.25) is 5.91 Å². The van der Waals surface area contributed by atoms with Crippen molar-refractivity contribution in [1.29, 1.82) is 0 Å². The third-order valence-electron chi connectivity index (χ3n) is 2.94. The summed E-state index contributed by atoms with van der Waals surface area (Å²) in [5.41, 5.74) is 0. The Morgan fingerprint density at radius 2 is 2.12 bits per heavy atom. The smallest absolute Gasteiger partial charge is 0.244 e. The second-order valence-electron chi connectivity index (χ2n) is 4.32. The summed E-state index contributed by atoms with van der Waals surface area (Å²) >= 11 is 7.29. The van der Waals surface area contributed by atoms with Crippen LogP contribution in [-0.4, -0.2) is 11.9 Å². The number of carbonyl (C=O) groups excluding carboxylic acids is 1. The van der Waals surface area contributed by atoms with Gasteiger partial charge in [-0.2, -0.15) is 0 Å². The van der Waals surface area contributed by atoms with Crippen molar-refractivity contribution >= 4 is 34.9 Å². The zero-order chi connectivity index (χ0) is 12.1. The van der Waals surface area contributed by atoms with E-state index in [0.717, 1.165) is 22.1 Å². The molecule has 0 atom stereocenters. The van der Waals surface area contributed by atoms with E-state index in [1.165, 1.54) is 30.6 Å². The molecule has 0 aliphatic heterocycles. The van der Waals surface area contributed by atoms with E-state index >= 15 is 0 Å². The monoisotopic (exact) mass is 269 g/mol. The van der Waals surface area contributed by atoms with Crippen molar-refractivity contribution in [3.63, 3.8) is 0 Å². The molecule has 0 saturated heterocycles. The summed E-state index contributed by atoms with van der Waals surface area (Å²) in [4.78, 5) is 12.7. The molecular weight excluding hydrogens is 254 g/mol. The highest BCUT2D eigenvalue weighted by atomic mass is 35.5. The number of hydrogen-bond donors (Lipinski definition) is 1. The number of halogens is 1. The summed E-state index contributed by atoms with van der Waals surface area (Å²) in [6.45, 7) is 0. The Morgan fingerprint density at radius 3 is 2.76 bits per heavy atom. The fraction of sp³-hybridized carbons (Fsp3) is 0.462. The van der Waals surface area contributed by atoms with Gasteiger partial charge in [0.1, 0.15) is 0 Å². The van der Waals surface area contributed by atoms with Gasteiger partial charge in [-0.15, -0.1) is 11.3 Å². The lowest BCUT2D eigenvalue weighted by atomic mass is 9.95. The first-order valence-corrected chi connectivity index (χ1v) is 7.17. The molecule has 1 aromatic heterocycles. The van der Waals surface area contributed by atoms with Crippen molar-refractivity contribution in [2.45, 2.75) is 38.1 Å². The van der Waals surface area contributed by atoms with Crippen molar-refractivity contribution in [3.05, 3.63) is 27.4 Å². The highest BCUT2D eigenvalue weighted by Gasteiger charge is 2.13. The SMILES string of the molecule is O=C(/C=C/c1ccc(Cl)s1)NC1CCCCC1. The van der Waals surface area contributed by atoms with Crippen LogP contribution in [0.3, 0.4) is 0 Å². The van der Waals surface area contributed by atoms with Crippen molar-refractivity contribution in [3.8, 4) is 0 Å². The molecule has 1 saturated carbocycles. The average molecular weight is 270 g/mol. The van der Waals surface area contributed by atoms with E-state index in [2.05, 4.69) is 5.32 Å². The van der Waals surface area contributed by atoms with Crippen molar-refractivity contribution in [2.75, 3.05) is 0 Å². The summed E-state index contributed by atoms with van der Waals surface area (Å²) in [5, 5.41) is 3.04. The predicted octanol–water partition coefficient (Wildman–Crippen LogP) is 3.86. The number of rotatable bonds is 3. The van der Waals surface area contributed by atoms with E-state index in [9.17, 15) is 4.79 Å². The Bertz CT molecular complexity index is 407. The molecule has 1 amide bonds. The Kier molecular flexibility index (Phi) is 4.63. The van der Waals surface area contributed by atoms with E-state index in [1.807, 2.05) is 18.2 Å². The van der Waals surface area contributed by atoms with Gasteiger partial charge < -0.3 is 5.32 Å². The Balaban J connectivity index is 1.82. The molecule has 1 aliphatic carbocycles. The molecule has 0 unspecified atom stereocenters. The van der Waals surface area contributed by atoms with Crippen LogP contribution in [0.4, 0.5) is 0 Å². The standard InChI is InChI=1S/C13H16ClNOS/c14-12-8-6-11(17-12)7-9-13(16)15-10-4-2-1-3-5-10/h6-10H,1-5H2,(H,15,16)/b9-7+. The van der Waals surface area contributed by atoms with Crippen LogP contribution < -0.4 is 5.32 Å². The largest absolute Gasteiger partial charge is 0.350 e. The molecule has 1 N–H and O–H groups in total. The molecule has 0 radical (unpaired) electrons. The van der Waals surface area contributed by atoms with Gasteiger partial charge in [-0.25, -0.2) is 0 Å². The minimum Gasteiger partial charge on any atom is -0.350 e. The minimum atomic E-state index is 0.00132. The van der Waals surface area contributed by atoms with Crippen molar-refractivity contribution < 1.29 is 4.79 Å². The van der Waals surface area contributed by atoms with E-state index in [-0.39, 0.29) is 5.91 Å². The number of hydrogen-bond acceptors (Lipinski definition) is 2. The van der Waals surface area contributed by atoms with E-state index in [0.29, 0.717) is 6.04 Å². The van der Waals surface area contributed by atoms with E-state index < -0.39 is 0 Å². The zero-order valence-electron chi connectivity index (χ0n) is 9.62. The van der Waals surface area contributed by atoms with Gasteiger partial charge in [0.05, 0.1) is 4.34 Å². The number of carbonyl (C=O) groups is 1. The second kappa shape index (κ2) is 6.22. The highest BCUT2D eigenvalue weighted by molar-refractivity contribution is 7.17. The summed E-state index contributed by atoms with van der Waals surface area (Å²) in [6.07, 6.45) is 9.40. The first-order chi connectivity index (χ1) is 8.24. The third kappa shape index (κ3) is 4.17. The van der Waals surface area contributed by atoms with Gasteiger partial charge in [-0.1, -0.05) is 30.9 Å². The molecule has 2 nitrogen and oxygen atoms in total.